The molecule has 0 bridgehead atoms. The lowest BCUT2D eigenvalue weighted by molar-refractivity contribution is 0.617. The van der Waals surface area contributed by atoms with E-state index in [0.717, 1.165) is 15.5 Å². The summed E-state index contributed by atoms with van der Waals surface area (Å²) >= 11 is 1.64. The fourth-order valence-corrected chi connectivity index (χ4v) is 2.42. The minimum atomic E-state index is -0.153. The van der Waals surface area contributed by atoms with Gasteiger partial charge in [-0.1, -0.05) is 11.8 Å². The Hall–Kier alpha value is -1.48. The first kappa shape index (κ1) is 12.0. The van der Waals surface area contributed by atoms with Gasteiger partial charge in [0.25, 0.3) is 0 Å². The Labute approximate surface area is 105 Å². The molecule has 2 aromatic rings. The summed E-state index contributed by atoms with van der Waals surface area (Å²) in [4.78, 5) is 2.20. The number of anilines is 1. The van der Waals surface area contributed by atoms with Crippen molar-refractivity contribution in [2.45, 2.75) is 16.7 Å². The van der Waals surface area contributed by atoms with E-state index in [1.807, 2.05) is 25.2 Å². The third kappa shape index (κ3) is 3.01. The first-order valence-corrected chi connectivity index (χ1v) is 6.22. The maximum Gasteiger partial charge on any atom is 0.126 e. The van der Waals surface area contributed by atoms with Crippen LogP contribution in [0.5, 0.6) is 0 Å². The monoisotopic (exact) mass is 247 g/mol. The highest BCUT2D eigenvalue weighted by Gasteiger charge is 2.01. The zero-order valence-corrected chi connectivity index (χ0v) is 10.6. The van der Waals surface area contributed by atoms with Crippen LogP contribution in [-0.4, -0.2) is 7.05 Å². The number of nitrogens with one attached hydrogen (secondary N) is 1. The topological polar surface area (TPSA) is 12.0 Å². The molecule has 0 heterocycles. The molecule has 0 radical (unpaired) electrons. The average Bonchev–Trinajstić information content (AvgIpc) is 2.35. The Morgan fingerprint density at radius 1 is 1.00 bits per heavy atom. The lowest BCUT2D eigenvalue weighted by atomic mass is 10.2. The normalized spacial score (nSPS) is 10.3. The lowest BCUT2D eigenvalue weighted by Crippen LogP contribution is -1.86. The quantitative estimate of drug-likeness (QED) is 0.866. The molecule has 0 aromatic heterocycles. The zero-order chi connectivity index (χ0) is 12.3. The van der Waals surface area contributed by atoms with Crippen molar-refractivity contribution < 1.29 is 4.39 Å². The molecule has 0 fully saturated rings. The van der Waals surface area contributed by atoms with Crippen LogP contribution < -0.4 is 5.32 Å². The van der Waals surface area contributed by atoms with Gasteiger partial charge in [-0.2, -0.15) is 0 Å². The van der Waals surface area contributed by atoms with Crippen molar-refractivity contribution in [3.8, 4) is 0 Å². The van der Waals surface area contributed by atoms with Crippen molar-refractivity contribution in [2.24, 2.45) is 0 Å². The fourth-order valence-electron chi connectivity index (χ4n) is 1.51. The van der Waals surface area contributed by atoms with Crippen LogP contribution in [0.2, 0.25) is 0 Å². The van der Waals surface area contributed by atoms with E-state index in [-0.39, 0.29) is 5.82 Å². The molecule has 2 rings (SSSR count). The summed E-state index contributed by atoms with van der Waals surface area (Å²) in [5, 5.41) is 3.08. The summed E-state index contributed by atoms with van der Waals surface area (Å²) in [5.74, 6) is -0.153. The molecule has 0 unspecified atom stereocenters. The van der Waals surface area contributed by atoms with Crippen molar-refractivity contribution in [1.29, 1.82) is 0 Å². The third-order valence-corrected chi connectivity index (χ3v) is 3.51. The number of benzene rings is 2. The fraction of sp³-hybridized carbons (Fsp3) is 0.143. The summed E-state index contributed by atoms with van der Waals surface area (Å²) in [6, 6.07) is 13.3. The average molecular weight is 247 g/mol. The van der Waals surface area contributed by atoms with E-state index in [1.165, 1.54) is 6.07 Å². The highest BCUT2D eigenvalue weighted by atomic mass is 32.2. The molecule has 0 aliphatic carbocycles. The molecule has 0 spiro atoms. The molecule has 0 aliphatic rings. The van der Waals surface area contributed by atoms with Crippen molar-refractivity contribution >= 4 is 17.4 Å². The molecular weight excluding hydrogens is 233 g/mol. The molecule has 3 heteroatoms. The molecule has 0 atom stereocenters. The molecular formula is C14H14FNS. The Balaban J connectivity index is 2.16. The van der Waals surface area contributed by atoms with E-state index >= 15 is 0 Å². The Morgan fingerprint density at radius 2 is 1.65 bits per heavy atom. The van der Waals surface area contributed by atoms with Crippen LogP contribution in [-0.2, 0) is 0 Å². The van der Waals surface area contributed by atoms with Crippen LogP contribution in [0, 0.1) is 12.7 Å². The van der Waals surface area contributed by atoms with Gasteiger partial charge in [0, 0.05) is 22.5 Å². The Kier molecular flexibility index (Phi) is 3.69. The predicted molar refractivity (Wildman–Crippen MR) is 71.2 cm³/mol. The van der Waals surface area contributed by atoms with Gasteiger partial charge in [0.2, 0.25) is 0 Å². The van der Waals surface area contributed by atoms with Crippen LogP contribution in [0.4, 0.5) is 10.1 Å². The third-order valence-electron chi connectivity index (χ3n) is 2.51. The second-order valence-corrected chi connectivity index (χ2v) is 4.93. The van der Waals surface area contributed by atoms with Gasteiger partial charge >= 0.3 is 0 Å². The maximum absolute atomic E-state index is 13.1. The first-order chi connectivity index (χ1) is 8.19. The Bertz CT molecular complexity index is 508. The van der Waals surface area contributed by atoms with Crippen molar-refractivity contribution in [2.75, 3.05) is 12.4 Å². The number of halogens is 1. The number of aryl methyl sites for hydroxylation is 1. The van der Waals surface area contributed by atoms with Crippen LogP contribution in [0.1, 0.15) is 5.56 Å². The number of hydrogen-bond acceptors (Lipinski definition) is 2. The summed E-state index contributed by atoms with van der Waals surface area (Å²) in [5.41, 5.74) is 1.77. The second-order valence-electron chi connectivity index (χ2n) is 3.79. The van der Waals surface area contributed by atoms with Crippen LogP contribution in [0.15, 0.2) is 52.3 Å². The smallest absolute Gasteiger partial charge is 0.126 e. The highest BCUT2D eigenvalue weighted by molar-refractivity contribution is 7.99. The van der Waals surface area contributed by atoms with Crippen LogP contribution in [0.3, 0.4) is 0 Å². The van der Waals surface area contributed by atoms with Crippen LogP contribution >= 0.6 is 11.8 Å². The van der Waals surface area contributed by atoms with E-state index in [2.05, 4.69) is 17.4 Å². The highest BCUT2D eigenvalue weighted by Crippen LogP contribution is 2.29. The van der Waals surface area contributed by atoms with E-state index < -0.39 is 0 Å². The van der Waals surface area contributed by atoms with Gasteiger partial charge in [0.05, 0.1) is 0 Å². The molecule has 1 N–H and O–H groups in total. The van der Waals surface area contributed by atoms with E-state index in [4.69, 9.17) is 0 Å². The zero-order valence-electron chi connectivity index (χ0n) is 9.83. The van der Waals surface area contributed by atoms with Gasteiger partial charge in [-0.05, 0) is 55.0 Å². The van der Waals surface area contributed by atoms with Crippen molar-refractivity contribution in [3.63, 3.8) is 0 Å². The van der Waals surface area contributed by atoms with Gasteiger partial charge < -0.3 is 5.32 Å². The number of hydrogen-bond donors (Lipinski definition) is 1. The van der Waals surface area contributed by atoms with Gasteiger partial charge in [0.1, 0.15) is 5.82 Å². The minimum absolute atomic E-state index is 0.153. The Morgan fingerprint density at radius 3 is 2.24 bits per heavy atom. The molecule has 1 nitrogen and oxygen atoms in total. The predicted octanol–water partition coefficient (Wildman–Crippen LogP) is 4.33. The summed E-state index contributed by atoms with van der Waals surface area (Å²) in [6.45, 7) is 1.78. The summed E-state index contributed by atoms with van der Waals surface area (Å²) < 4.78 is 13.1. The second kappa shape index (κ2) is 5.23. The van der Waals surface area contributed by atoms with Crippen molar-refractivity contribution in [3.05, 3.63) is 53.8 Å². The van der Waals surface area contributed by atoms with E-state index in [1.54, 1.807) is 24.8 Å². The molecule has 0 amide bonds. The molecule has 0 saturated heterocycles. The molecule has 0 saturated carbocycles. The largest absolute Gasteiger partial charge is 0.388 e. The number of rotatable bonds is 3. The summed E-state index contributed by atoms with van der Waals surface area (Å²) in [7, 11) is 1.89. The molecule has 17 heavy (non-hydrogen) atoms. The van der Waals surface area contributed by atoms with E-state index in [0.29, 0.717) is 5.56 Å². The first-order valence-electron chi connectivity index (χ1n) is 5.41. The standard InChI is InChI=1S/C14H14FNS/c1-10-9-13(7-8-14(10)15)17-12-5-3-11(16-2)4-6-12/h3-9,16H,1-2H3. The minimum Gasteiger partial charge on any atom is -0.388 e. The SMILES string of the molecule is CNc1ccc(Sc2ccc(F)c(C)c2)cc1. The molecule has 0 aliphatic heterocycles. The van der Waals surface area contributed by atoms with Gasteiger partial charge in [-0.25, -0.2) is 4.39 Å². The maximum atomic E-state index is 13.1. The lowest BCUT2D eigenvalue weighted by Gasteiger charge is -2.05. The van der Waals surface area contributed by atoms with Gasteiger partial charge in [-0.3, -0.25) is 0 Å². The van der Waals surface area contributed by atoms with Gasteiger partial charge in [0.15, 0.2) is 0 Å². The van der Waals surface area contributed by atoms with Crippen LogP contribution in [0.25, 0.3) is 0 Å². The van der Waals surface area contributed by atoms with E-state index in [9.17, 15) is 4.39 Å². The molecule has 2 aromatic carbocycles. The summed E-state index contributed by atoms with van der Waals surface area (Å²) in [6.07, 6.45) is 0. The van der Waals surface area contributed by atoms with Gasteiger partial charge in [-0.15, -0.1) is 0 Å². The van der Waals surface area contributed by atoms with Crippen molar-refractivity contribution in [1.82, 2.24) is 0 Å². The molecule has 88 valence electrons.